The normalized spacial score (nSPS) is 10.4. The Hall–Kier alpha value is -2.10. The number of nitrogens with two attached hydrogens (primary N) is 1. The molecule has 0 radical (unpaired) electrons. The minimum Gasteiger partial charge on any atom is -0.399 e. The number of rotatable bonds is 6. The molecular formula is C15H20N4. The third-order valence-corrected chi connectivity index (χ3v) is 2.93. The van der Waals surface area contributed by atoms with Crippen LogP contribution in [-0.2, 0) is 12.8 Å². The Morgan fingerprint density at radius 2 is 1.89 bits per heavy atom. The molecule has 0 atom stereocenters. The second-order valence-electron chi connectivity index (χ2n) is 4.56. The number of hydrogen-bond donors (Lipinski definition) is 2. The molecule has 0 spiro atoms. The van der Waals surface area contributed by atoms with Gasteiger partial charge < -0.3 is 11.1 Å². The predicted molar refractivity (Wildman–Crippen MR) is 79.1 cm³/mol. The van der Waals surface area contributed by atoms with E-state index >= 15 is 0 Å². The molecule has 100 valence electrons. The lowest BCUT2D eigenvalue weighted by molar-refractivity contribution is 0.870. The summed E-state index contributed by atoms with van der Waals surface area (Å²) >= 11 is 0. The third kappa shape index (κ3) is 4.25. The molecule has 0 aliphatic carbocycles. The minimum atomic E-state index is 0.803. The van der Waals surface area contributed by atoms with Crippen molar-refractivity contribution < 1.29 is 0 Å². The lowest BCUT2D eigenvalue weighted by Crippen LogP contribution is -2.07. The molecule has 0 fully saturated rings. The van der Waals surface area contributed by atoms with E-state index in [-0.39, 0.29) is 0 Å². The van der Waals surface area contributed by atoms with Crippen molar-refractivity contribution in [1.29, 1.82) is 0 Å². The molecule has 1 aromatic carbocycles. The highest BCUT2D eigenvalue weighted by atomic mass is 15.0. The van der Waals surface area contributed by atoms with Gasteiger partial charge in [-0.2, -0.15) is 0 Å². The molecule has 4 heteroatoms. The van der Waals surface area contributed by atoms with E-state index in [0.29, 0.717) is 0 Å². The highest BCUT2D eigenvalue weighted by Crippen LogP contribution is 2.08. The van der Waals surface area contributed by atoms with Crippen molar-refractivity contribution in [2.45, 2.75) is 26.2 Å². The van der Waals surface area contributed by atoms with Crippen LogP contribution in [0.15, 0.2) is 36.7 Å². The summed E-state index contributed by atoms with van der Waals surface area (Å²) in [6.45, 7) is 3.00. The summed E-state index contributed by atoms with van der Waals surface area (Å²) < 4.78 is 0. The second kappa shape index (κ2) is 6.73. The Morgan fingerprint density at radius 3 is 2.63 bits per heavy atom. The van der Waals surface area contributed by atoms with Crippen LogP contribution in [0.1, 0.15) is 24.6 Å². The van der Waals surface area contributed by atoms with Crippen LogP contribution in [0.3, 0.4) is 0 Å². The minimum absolute atomic E-state index is 0.803. The number of anilines is 2. The molecule has 0 bridgehead atoms. The molecule has 0 saturated carbocycles. The lowest BCUT2D eigenvalue weighted by atomic mass is 10.1. The second-order valence-corrected chi connectivity index (χ2v) is 4.56. The van der Waals surface area contributed by atoms with Crippen molar-refractivity contribution in [3.8, 4) is 0 Å². The van der Waals surface area contributed by atoms with Gasteiger partial charge in [-0.3, -0.25) is 0 Å². The maximum Gasteiger partial charge on any atom is 0.129 e. The predicted octanol–water partition coefficient (Wildman–Crippen LogP) is 2.67. The van der Waals surface area contributed by atoms with Crippen molar-refractivity contribution in [1.82, 2.24) is 9.97 Å². The van der Waals surface area contributed by atoms with Crippen molar-refractivity contribution in [2.75, 3.05) is 17.6 Å². The number of nitrogens with zero attached hydrogens (tertiary/aromatic N) is 2. The van der Waals surface area contributed by atoms with Crippen molar-refractivity contribution >= 4 is 11.5 Å². The number of aryl methyl sites for hydroxylation is 1. The zero-order valence-corrected chi connectivity index (χ0v) is 11.3. The molecule has 19 heavy (non-hydrogen) atoms. The van der Waals surface area contributed by atoms with Crippen molar-refractivity contribution in [3.63, 3.8) is 0 Å². The first-order valence-electron chi connectivity index (χ1n) is 6.67. The van der Waals surface area contributed by atoms with Crippen LogP contribution in [0.4, 0.5) is 11.5 Å². The highest BCUT2D eigenvalue weighted by Gasteiger charge is 1.98. The van der Waals surface area contributed by atoms with Gasteiger partial charge in [0.05, 0.1) is 0 Å². The van der Waals surface area contributed by atoms with Gasteiger partial charge >= 0.3 is 0 Å². The van der Waals surface area contributed by atoms with E-state index < -0.39 is 0 Å². The molecule has 2 rings (SSSR count). The SMILES string of the molecule is CCCc1cc(NCCc2ccc(N)cc2)ncn1. The van der Waals surface area contributed by atoms with E-state index in [2.05, 4.69) is 34.3 Å². The summed E-state index contributed by atoms with van der Waals surface area (Å²) in [4.78, 5) is 8.46. The summed E-state index contributed by atoms with van der Waals surface area (Å²) in [5.74, 6) is 0.897. The number of nitrogen functional groups attached to an aromatic ring is 1. The zero-order valence-electron chi connectivity index (χ0n) is 11.3. The maximum absolute atomic E-state index is 5.66. The van der Waals surface area contributed by atoms with E-state index in [1.807, 2.05) is 18.2 Å². The van der Waals surface area contributed by atoms with E-state index in [9.17, 15) is 0 Å². The highest BCUT2D eigenvalue weighted by molar-refractivity contribution is 5.40. The van der Waals surface area contributed by atoms with Crippen LogP contribution in [0.5, 0.6) is 0 Å². The molecule has 0 aliphatic heterocycles. The maximum atomic E-state index is 5.66. The Morgan fingerprint density at radius 1 is 1.11 bits per heavy atom. The first-order chi connectivity index (χ1) is 9.28. The molecule has 1 aromatic heterocycles. The summed E-state index contributed by atoms with van der Waals surface area (Å²) in [6, 6.07) is 9.99. The molecular weight excluding hydrogens is 236 g/mol. The number of nitrogens with one attached hydrogen (secondary N) is 1. The molecule has 0 saturated heterocycles. The molecule has 0 aliphatic rings. The fourth-order valence-electron chi connectivity index (χ4n) is 1.91. The molecule has 0 unspecified atom stereocenters. The quantitative estimate of drug-likeness (QED) is 0.780. The monoisotopic (exact) mass is 256 g/mol. The van der Waals surface area contributed by atoms with Gasteiger partial charge in [0.25, 0.3) is 0 Å². The van der Waals surface area contributed by atoms with Gasteiger partial charge in [-0.25, -0.2) is 9.97 Å². The van der Waals surface area contributed by atoms with E-state index in [0.717, 1.165) is 43.0 Å². The smallest absolute Gasteiger partial charge is 0.129 e. The van der Waals surface area contributed by atoms with Crippen molar-refractivity contribution in [3.05, 3.63) is 47.9 Å². The van der Waals surface area contributed by atoms with Gasteiger partial charge in [0.2, 0.25) is 0 Å². The Kier molecular flexibility index (Phi) is 4.72. The fourth-order valence-corrected chi connectivity index (χ4v) is 1.91. The first-order valence-corrected chi connectivity index (χ1v) is 6.67. The van der Waals surface area contributed by atoms with Crippen LogP contribution < -0.4 is 11.1 Å². The third-order valence-electron chi connectivity index (χ3n) is 2.93. The first kappa shape index (κ1) is 13.3. The Labute approximate surface area is 114 Å². The van der Waals surface area contributed by atoms with Crippen LogP contribution in [-0.4, -0.2) is 16.5 Å². The summed E-state index contributed by atoms with van der Waals surface area (Å²) in [5, 5.41) is 3.32. The van der Waals surface area contributed by atoms with Crippen LogP contribution in [0.25, 0.3) is 0 Å². The molecule has 1 heterocycles. The van der Waals surface area contributed by atoms with Gasteiger partial charge in [-0.05, 0) is 30.5 Å². The molecule has 4 nitrogen and oxygen atoms in total. The summed E-state index contributed by atoms with van der Waals surface area (Å²) in [6.07, 6.45) is 4.67. The van der Waals surface area contributed by atoms with E-state index in [1.165, 1.54) is 5.56 Å². The molecule has 0 amide bonds. The number of hydrogen-bond acceptors (Lipinski definition) is 4. The fraction of sp³-hybridized carbons (Fsp3) is 0.333. The van der Waals surface area contributed by atoms with Crippen LogP contribution in [0.2, 0.25) is 0 Å². The Balaban J connectivity index is 1.85. The average Bonchev–Trinajstić information content (AvgIpc) is 2.42. The lowest BCUT2D eigenvalue weighted by Gasteiger charge is -2.07. The van der Waals surface area contributed by atoms with Gasteiger partial charge in [0, 0.05) is 24.0 Å². The van der Waals surface area contributed by atoms with Crippen LogP contribution >= 0.6 is 0 Å². The van der Waals surface area contributed by atoms with E-state index in [4.69, 9.17) is 5.73 Å². The molecule has 3 N–H and O–H groups in total. The topological polar surface area (TPSA) is 63.8 Å². The van der Waals surface area contributed by atoms with Gasteiger partial charge in [-0.15, -0.1) is 0 Å². The van der Waals surface area contributed by atoms with E-state index in [1.54, 1.807) is 6.33 Å². The van der Waals surface area contributed by atoms with Gasteiger partial charge in [0.15, 0.2) is 0 Å². The molecule has 2 aromatic rings. The number of aromatic nitrogens is 2. The summed E-state index contributed by atoms with van der Waals surface area (Å²) in [7, 11) is 0. The van der Waals surface area contributed by atoms with Crippen LogP contribution in [0, 0.1) is 0 Å². The zero-order chi connectivity index (χ0) is 13.5. The Bertz CT molecular complexity index is 508. The van der Waals surface area contributed by atoms with Crippen molar-refractivity contribution in [2.24, 2.45) is 0 Å². The summed E-state index contributed by atoms with van der Waals surface area (Å²) in [5.41, 5.74) is 8.82. The van der Waals surface area contributed by atoms with Gasteiger partial charge in [-0.1, -0.05) is 25.5 Å². The van der Waals surface area contributed by atoms with Gasteiger partial charge in [0.1, 0.15) is 12.1 Å². The average molecular weight is 256 g/mol. The number of benzene rings is 1. The largest absolute Gasteiger partial charge is 0.399 e. The standard InChI is InChI=1S/C15H20N4/c1-2-3-14-10-15(19-11-18-14)17-9-8-12-4-6-13(16)7-5-12/h4-7,10-11H,2-3,8-9,16H2,1H3,(H,17,18,19).